The Morgan fingerprint density at radius 1 is 0.962 bits per heavy atom. The van der Waals surface area contributed by atoms with E-state index in [0.29, 0.717) is 17.0 Å². The van der Waals surface area contributed by atoms with E-state index in [1.54, 1.807) is 12.1 Å². The molecule has 2 saturated carbocycles. The van der Waals surface area contributed by atoms with Crippen molar-refractivity contribution in [1.82, 2.24) is 0 Å². The van der Waals surface area contributed by atoms with Gasteiger partial charge in [-0.2, -0.15) is 0 Å². The van der Waals surface area contributed by atoms with Crippen molar-refractivity contribution in [3.63, 3.8) is 0 Å². The maximum absolute atomic E-state index is 14.1. The third kappa shape index (κ3) is 5.09. The highest BCUT2D eigenvalue weighted by atomic mass is 19.1. The molecule has 1 aromatic rings. The second kappa shape index (κ2) is 9.54. The molecular weight excluding hydrogens is 326 g/mol. The van der Waals surface area contributed by atoms with E-state index < -0.39 is 6.67 Å². The Morgan fingerprint density at radius 2 is 1.62 bits per heavy atom. The van der Waals surface area contributed by atoms with Gasteiger partial charge in [0.1, 0.15) is 5.82 Å². The lowest BCUT2D eigenvalue weighted by atomic mass is 9.69. The molecule has 0 bridgehead atoms. The fraction of sp³-hybridized carbons (Fsp3) is 0.667. The highest BCUT2D eigenvalue weighted by molar-refractivity contribution is 5.38. The summed E-state index contributed by atoms with van der Waals surface area (Å²) in [6.07, 6.45) is 12.2. The van der Waals surface area contributed by atoms with Gasteiger partial charge in [0, 0.05) is 12.3 Å². The minimum Gasteiger partial charge on any atom is -0.251 e. The van der Waals surface area contributed by atoms with Gasteiger partial charge in [-0.3, -0.25) is 4.39 Å². The Morgan fingerprint density at radius 3 is 2.19 bits per heavy atom. The molecule has 0 saturated heterocycles. The highest BCUT2D eigenvalue weighted by Gasteiger charge is 2.29. The molecule has 0 radical (unpaired) electrons. The number of halogens is 2. The van der Waals surface area contributed by atoms with Crippen LogP contribution < -0.4 is 0 Å². The number of hydrogen-bond acceptors (Lipinski definition) is 0. The molecule has 2 aliphatic carbocycles. The lowest BCUT2D eigenvalue weighted by Gasteiger charge is -2.36. The van der Waals surface area contributed by atoms with Crippen molar-refractivity contribution in [3.05, 3.63) is 35.1 Å². The van der Waals surface area contributed by atoms with E-state index in [1.165, 1.54) is 51.0 Å². The molecule has 0 aliphatic heterocycles. The van der Waals surface area contributed by atoms with E-state index in [2.05, 4.69) is 18.8 Å². The number of benzene rings is 1. The first-order valence-electron chi connectivity index (χ1n) is 10.6. The van der Waals surface area contributed by atoms with Crippen LogP contribution in [0.1, 0.15) is 75.8 Å². The Kier molecular flexibility index (Phi) is 7.12. The van der Waals surface area contributed by atoms with Crippen LogP contribution in [0.4, 0.5) is 8.78 Å². The van der Waals surface area contributed by atoms with Crippen LogP contribution in [0.25, 0.3) is 0 Å². The van der Waals surface area contributed by atoms with Crippen molar-refractivity contribution in [2.45, 2.75) is 71.1 Å². The fourth-order valence-corrected chi connectivity index (χ4v) is 4.91. The van der Waals surface area contributed by atoms with Gasteiger partial charge >= 0.3 is 0 Å². The molecule has 0 nitrogen and oxygen atoms in total. The summed E-state index contributed by atoms with van der Waals surface area (Å²) >= 11 is 0. The first-order valence-corrected chi connectivity index (χ1v) is 10.6. The molecule has 0 atom stereocenters. The molecule has 0 aromatic heterocycles. The normalized spacial score (nSPS) is 29.0. The lowest BCUT2D eigenvalue weighted by molar-refractivity contribution is 0.156. The Labute approximate surface area is 157 Å². The average Bonchev–Trinajstić information content (AvgIpc) is 2.68. The van der Waals surface area contributed by atoms with Crippen molar-refractivity contribution >= 4 is 0 Å². The van der Waals surface area contributed by atoms with Gasteiger partial charge in [0.15, 0.2) is 0 Å². The summed E-state index contributed by atoms with van der Waals surface area (Å²) in [6.45, 7) is 1.88. The topological polar surface area (TPSA) is 0 Å². The Balaban J connectivity index is 1.50. The first kappa shape index (κ1) is 19.4. The van der Waals surface area contributed by atoms with Crippen LogP contribution in [0.3, 0.4) is 0 Å². The predicted molar refractivity (Wildman–Crippen MR) is 104 cm³/mol. The molecular formula is C24H32F2. The quantitative estimate of drug-likeness (QED) is 0.525. The van der Waals surface area contributed by atoms with E-state index in [0.717, 1.165) is 30.6 Å². The van der Waals surface area contributed by atoms with Gasteiger partial charge in [0.2, 0.25) is 0 Å². The average molecular weight is 359 g/mol. The van der Waals surface area contributed by atoms with Gasteiger partial charge in [-0.25, -0.2) is 4.39 Å². The van der Waals surface area contributed by atoms with Gasteiger partial charge in [-0.05, 0) is 74.0 Å². The third-order valence-corrected chi connectivity index (χ3v) is 6.73. The van der Waals surface area contributed by atoms with Crippen molar-refractivity contribution in [1.29, 1.82) is 0 Å². The monoisotopic (exact) mass is 358 g/mol. The van der Waals surface area contributed by atoms with Crippen LogP contribution in [0.2, 0.25) is 0 Å². The van der Waals surface area contributed by atoms with Crippen LogP contribution in [-0.2, 0) is 6.42 Å². The van der Waals surface area contributed by atoms with E-state index in [1.807, 2.05) is 0 Å². The zero-order valence-electron chi connectivity index (χ0n) is 16.1. The van der Waals surface area contributed by atoms with Crippen LogP contribution in [-0.4, -0.2) is 6.67 Å². The molecule has 0 heterocycles. The zero-order chi connectivity index (χ0) is 18.4. The minimum atomic E-state index is -0.451. The molecule has 2 heteroatoms. The third-order valence-electron chi connectivity index (χ3n) is 6.73. The number of rotatable bonds is 4. The molecule has 1 aromatic carbocycles. The summed E-state index contributed by atoms with van der Waals surface area (Å²) in [5, 5.41) is 0. The smallest absolute Gasteiger partial charge is 0.139 e. The number of aryl methyl sites for hydroxylation is 1. The Hall–Kier alpha value is -1.36. The van der Waals surface area contributed by atoms with Gasteiger partial charge in [0.25, 0.3) is 0 Å². The second-order valence-corrected chi connectivity index (χ2v) is 8.32. The predicted octanol–water partition coefficient (Wildman–Crippen LogP) is 6.71. The number of alkyl halides is 1. The molecule has 3 rings (SSSR count). The van der Waals surface area contributed by atoms with E-state index >= 15 is 0 Å². The Bertz CT molecular complexity index is 623. The maximum Gasteiger partial charge on any atom is 0.139 e. The highest BCUT2D eigenvalue weighted by Crippen LogP contribution is 2.41. The summed E-state index contributed by atoms with van der Waals surface area (Å²) in [5.41, 5.74) is 1.15. The summed E-state index contributed by atoms with van der Waals surface area (Å²) in [7, 11) is 0. The molecule has 142 valence electrons. The number of hydrogen-bond donors (Lipinski definition) is 0. The van der Waals surface area contributed by atoms with Gasteiger partial charge in [0.05, 0.1) is 12.2 Å². The SMILES string of the molecule is CCC1CCC(C2CCC(C#Cc3ccc(CCF)cc3F)CC2)CC1. The summed E-state index contributed by atoms with van der Waals surface area (Å²) in [5.74, 6) is 9.24. The van der Waals surface area contributed by atoms with Crippen molar-refractivity contribution in [2.24, 2.45) is 23.7 Å². The van der Waals surface area contributed by atoms with Gasteiger partial charge in [-0.15, -0.1) is 0 Å². The van der Waals surface area contributed by atoms with Crippen LogP contribution in [0.5, 0.6) is 0 Å². The van der Waals surface area contributed by atoms with Crippen LogP contribution in [0, 0.1) is 41.3 Å². The molecule has 0 amide bonds. The fourth-order valence-electron chi connectivity index (χ4n) is 4.91. The minimum absolute atomic E-state index is 0.273. The maximum atomic E-state index is 14.1. The van der Waals surface area contributed by atoms with Crippen molar-refractivity contribution < 1.29 is 8.78 Å². The lowest BCUT2D eigenvalue weighted by Crippen LogP contribution is -2.25. The molecule has 0 unspecified atom stereocenters. The van der Waals surface area contributed by atoms with E-state index in [9.17, 15) is 8.78 Å². The van der Waals surface area contributed by atoms with E-state index in [-0.39, 0.29) is 12.2 Å². The van der Waals surface area contributed by atoms with Crippen LogP contribution in [0.15, 0.2) is 18.2 Å². The molecule has 0 spiro atoms. The molecule has 2 fully saturated rings. The van der Waals surface area contributed by atoms with Crippen molar-refractivity contribution in [2.75, 3.05) is 6.67 Å². The van der Waals surface area contributed by atoms with E-state index in [4.69, 9.17) is 0 Å². The zero-order valence-corrected chi connectivity index (χ0v) is 16.1. The molecule has 0 N–H and O–H groups in total. The van der Waals surface area contributed by atoms with Crippen molar-refractivity contribution in [3.8, 4) is 11.8 Å². The first-order chi connectivity index (χ1) is 12.7. The molecule has 2 aliphatic rings. The summed E-state index contributed by atoms with van der Waals surface area (Å²) in [6, 6.07) is 4.91. The second-order valence-electron chi connectivity index (χ2n) is 8.32. The summed E-state index contributed by atoms with van der Waals surface area (Å²) in [4.78, 5) is 0. The van der Waals surface area contributed by atoms with Gasteiger partial charge < -0.3 is 0 Å². The van der Waals surface area contributed by atoms with Crippen LogP contribution >= 0.6 is 0 Å². The largest absolute Gasteiger partial charge is 0.251 e. The summed E-state index contributed by atoms with van der Waals surface area (Å²) < 4.78 is 26.4. The molecule has 26 heavy (non-hydrogen) atoms. The standard InChI is InChI=1S/C24H32F2/c1-2-18-3-9-21(10-4-18)22-11-5-19(6-12-22)7-13-23-14-8-20(15-16-25)17-24(23)26/h8,14,17-19,21-22H,2-6,9-12,15-16H2,1H3. The van der Waals surface area contributed by atoms with Gasteiger partial charge in [-0.1, -0.05) is 44.1 Å².